The molecule has 0 unspecified atom stereocenters. The summed E-state index contributed by atoms with van der Waals surface area (Å²) < 4.78 is 11.1. The maximum absolute atomic E-state index is 12.9. The summed E-state index contributed by atoms with van der Waals surface area (Å²) in [5, 5.41) is 0. The average Bonchev–Trinajstić information content (AvgIpc) is 2.75. The van der Waals surface area contributed by atoms with Gasteiger partial charge in [-0.2, -0.15) is 0 Å². The molecule has 2 amide bonds. The second-order valence-corrected chi connectivity index (χ2v) is 7.24. The van der Waals surface area contributed by atoms with Crippen molar-refractivity contribution in [1.29, 1.82) is 0 Å². The average molecular weight is 396 g/mol. The molecular weight excluding hydrogens is 368 g/mol. The van der Waals surface area contributed by atoms with E-state index >= 15 is 0 Å². The number of para-hydroxylation sites is 2. The quantitative estimate of drug-likeness (QED) is 0.688. The van der Waals surface area contributed by atoms with E-state index in [0.717, 1.165) is 17.1 Å². The summed E-state index contributed by atoms with van der Waals surface area (Å²) in [6.07, 6.45) is 0.976. The first kappa shape index (κ1) is 20.7. The van der Waals surface area contributed by atoms with Crippen molar-refractivity contribution in [3.05, 3.63) is 60.2 Å². The van der Waals surface area contributed by atoms with E-state index in [2.05, 4.69) is 0 Å². The van der Waals surface area contributed by atoms with Gasteiger partial charge in [-0.15, -0.1) is 0 Å². The molecule has 1 aliphatic rings. The number of hydrogen-bond acceptors (Lipinski definition) is 4. The monoisotopic (exact) mass is 396 g/mol. The third kappa shape index (κ3) is 5.50. The van der Waals surface area contributed by atoms with Crippen molar-refractivity contribution in [2.75, 3.05) is 33.9 Å². The predicted octanol–water partition coefficient (Wildman–Crippen LogP) is 2.97. The van der Waals surface area contributed by atoms with Crippen molar-refractivity contribution in [3.8, 4) is 11.5 Å². The van der Waals surface area contributed by atoms with Crippen molar-refractivity contribution in [1.82, 2.24) is 9.80 Å². The molecule has 0 N–H and O–H groups in total. The number of amides is 2. The Morgan fingerprint density at radius 2 is 1.86 bits per heavy atom. The molecule has 1 heterocycles. The van der Waals surface area contributed by atoms with Gasteiger partial charge in [-0.1, -0.05) is 36.4 Å². The van der Waals surface area contributed by atoms with Crippen molar-refractivity contribution in [2.24, 2.45) is 5.92 Å². The van der Waals surface area contributed by atoms with Gasteiger partial charge in [-0.25, -0.2) is 0 Å². The van der Waals surface area contributed by atoms with Crippen LogP contribution >= 0.6 is 0 Å². The Morgan fingerprint density at radius 3 is 2.62 bits per heavy atom. The normalized spacial score (nSPS) is 16.4. The molecule has 6 nitrogen and oxygen atoms in total. The van der Waals surface area contributed by atoms with E-state index in [4.69, 9.17) is 9.47 Å². The van der Waals surface area contributed by atoms with Crippen LogP contribution in [0.2, 0.25) is 0 Å². The summed E-state index contributed by atoms with van der Waals surface area (Å²) in [4.78, 5) is 28.7. The molecule has 1 aliphatic heterocycles. The van der Waals surface area contributed by atoms with Crippen LogP contribution in [0.3, 0.4) is 0 Å². The van der Waals surface area contributed by atoms with Crippen LogP contribution in [-0.4, -0.2) is 55.5 Å². The maximum atomic E-state index is 12.9. The molecule has 2 aromatic carbocycles. The van der Waals surface area contributed by atoms with Gasteiger partial charge in [0.2, 0.25) is 11.8 Å². The highest BCUT2D eigenvalue weighted by molar-refractivity contribution is 5.83. The minimum atomic E-state index is -0.191. The van der Waals surface area contributed by atoms with Crippen LogP contribution in [0.1, 0.15) is 18.4 Å². The van der Waals surface area contributed by atoms with Gasteiger partial charge in [0.05, 0.1) is 19.6 Å². The first-order valence-corrected chi connectivity index (χ1v) is 9.91. The number of benzene rings is 2. The minimum Gasteiger partial charge on any atom is -0.496 e. The zero-order valence-electron chi connectivity index (χ0n) is 17.0. The molecule has 0 bridgehead atoms. The predicted molar refractivity (Wildman–Crippen MR) is 111 cm³/mol. The van der Waals surface area contributed by atoms with Crippen molar-refractivity contribution in [2.45, 2.75) is 19.4 Å². The Kier molecular flexibility index (Phi) is 7.11. The number of ether oxygens (including phenoxy) is 2. The lowest BCUT2D eigenvalue weighted by Crippen LogP contribution is -2.46. The number of methoxy groups -OCH3 is 1. The molecule has 3 rings (SSSR count). The molecule has 1 fully saturated rings. The van der Waals surface area contributed by atoms with Gasteiger partial charge in [-0.3, -0.25) is 9.59 Å². The largest absolute Gasteiger partial charge is 0.496 e. The third-order valence-electron chi connectivity index (χ3n) is 5.22. The second-order valence-electron chi connectivity index (χ2n) is 7.24. The van der Waals surface area contributed by atoms with Crippen molar-refractivity contribution >= 4 is 11.8 Å². The van der Waals surface area contributed by atoms with E-state index < -0.39 is 0 Å². The molecule has 2 aromatic rings. The standard InChI is InChI=1S/C23H28N2O4/c1-24(14-15-29-20-9-4-3-5-10-20)23(27)19-12-13-22(26)25(17-19)16-18-8-6-7-11-21(18)28-2/h3-11,19H,12-17H2,1-2H3/t19-/m0/s1. The van der Waals surface area contributed by atoms with Gasteiger partial charge in [0, 0.05) is 32.1 Å². The lowest BCUT2D eigenvalue weighted by molar-refractivity contribution is -0.143. The maximum Gasteiger partial charge on any atom is 0.227 e. The van der Waals surface area contributed by atoms with Crippen molar-refractivity contribution < 1.29 is 19.1 Å². The number of likely N-dealkylation sites (tertiary alicyclic amines) is 1. The first-order chi connectivity index (χ1) is 14.1. The zero-order chi connectivity index (χ0) is 20.6. The van der Waals surface area contributed by atoms with Gasteiger partial charge in [-0.05, 0) is 24.6 Å². The molecule has 0 aromatic heterocycles. The number of carbonyl (C=O) groups excluding carboxylic acids is 2. The number of piperidine rings is 1. The fraction of sp³-hybridized carbons (Fsp3) is 0.391. The first-order valence-electron chi connectivity index (χ1n) is 9.91. The van der Waals surface area contributed by atoms with Crippen LogP contribution in [0, 0.1) is 5.92 Å². The summed E-state index contributed by atoms with van der Waals surface area (Å²) in [5.74, 6) is 1.49. The lowest BCUT2D eigenvalue weighted by Gasteiger charge is -2.34. The topological polar surface area (TPSA) is 59.1 Å². The van der Waals surface area contributed by atoms with Crippen LogP contribution in [0.5, 0.6) is 11.5 Å². The Bertz CT molecular complexity index is 825. The van der Waals surface area contributed by atoms with E-state index in [1.54, 1.807) is 24.0 Å². The molecule has 29 heavy (non-hydrogen) atoms. The number of hydrogen-bond donors (Lipinski definition) is 0. The molecule has 0 radical (unpaired) electrons. The highest BCUT2D eigenvalue weighted by Crippen LogP contribution is 2.25. The number of rotatable bonds is 8. The Morgan fingerprint density at radius 1 is 1.14 bits per heavy atom. The van der Waals surface area contributed by atoms with Gasteiger partial charge < -0.3 is 19.3 Å². The van der Waals surface area contributed by atoms with Gasteiger partial charge >= 0.3 is 0 Å². The number of nitrogens with zero attached hydrogens (tertiary/aromatic N) is 2. The van der Waals surface area contributed by atoms with E-state index in [-0.39, 0.29) is 17.7 Å². The van der Waals surface area contributed by atoms with E-state index in [9.17, 15) is 9.59 Å². The zero-order valence-corrected chi connectivity index (χ0v) is 17.0. The Balaban J connectivity index is 1.54. The molecule has 154 valence electrons. The smallest absolute Gasteiger partial charge is 0.227 e. The summed E-state index contributed by atoms with van der Waals surface area (Å²) in [7, 11) is 3.41. The Labute approximate surface area is 172 Å². The van der Waals surface area contributed by atoms with E-state index in [1.165, 1.54) is 0 Å². The third-order valence-corrected chi connectivity index (χ3v) is 5.22. The highest BCUT2D eigenvalue weighted by Gasteiger charge is 2.32. The molecule has 0 aliphatic carbocycles. The fourth-order valence-corrected chi connectivity index (χ4v) is 3.55. The lowest BCUT2D eigenvalue weighted by atomic mass is 9.95. The second kappa shape index (κ2) is 9.96. The number of likely N-dealkylation sites (N-methyl/N-ethyl adjacent to an activating group) is 1. The summed E-state index contributed by atoms with van der Waals surface area (Å²) >= 11 is 0. The molecular formula is C23H28N2O4. The Hall–Kier alpha value is -3.02. The van der Waals surface area contributed by atoms with Crippen LogP contribution in [0.25, 0.3) is 0 Å². The minimum absolute atomic E-state index is 0.0548. The van der Waals surface area contributed by atoms with Crippen molar-refractivity contribution in [3.63, 3.8) is 0 Å². The van der Waals surface area contributed by atoms with Gasteiger partial charge in [0.25, 0.3) is 0 Å². The van der Waals surface area contributed by atoms with Crippen LogP contribution in [0.15, 0.2) is 54.6 Å². The molecule has 6 heteroatoms. The van der Waals surface area contributed by atoms with Crippen LogP contribution in [-0.2, 0) is 16.1 Å². The molecule has 1 atom stereocenters. The van der Waals surface area contributed by atoms with Crippen LogP contribution < -0.4 is 9.47 Å². The highest BCUT2D eigenvalue weighted by atomic mass is 16.5. The fourth-order valence-electron chi connectivity index (χ4n) is 3.55. The SMILES string of the molecule is COc1ccccc1CN1C[C@@H](C(=O)N(C)CCOc2ccccc2)CCC1=O. The summed E-state index contributed by atoms with van der Waals surface area (Å²) in [6.45, 7) is 1.82. The van der Waals surface area contributed by atoms with Gasteiger partial charge in [0.15, 0.2) is 0 Å². The van der Waals surface area contributed by atoms with Crippen LogP contribution in [0.4, 0.5) is 0 Å². The van der Waals surface area contributed by atoms with Gasteiger partial charge in [0.1, 0.15) is 18.1 Å². The molecule has 0 saturated carbocycles. The van der Waals surface area contributed by atoms with E-state index in [0.29, 0.717) is 39.1 Å². The summed E-state index contributed by atoms with van der Waals surface area (Å²) in [5.41, 5.74) is 0.945. The van der Waals surface area contributed by atoms with E-state index in [1.807, 2.05) is 54.6 Å². The summed E-state index contributed by atoms with van der Waals surface area (Å²) in [6, 6.07) is 17.2. The molecule has 0 spiro atoms. The number of carbonyl (C=O) groups is 2. The molecule has 1 saturated heterocycles.